The molecule has 0 radical (unpaired) electrons. The molecule has 0 fully saturated rings. The summed E-state index contributed by atoms with van der Waals surface area (Å²) in [6.45, 7) is 4.52. The van der Waals surface area contributed by atoms with Crippen molar-refractivity contribution >= 4 is 17.2 Å². The Kier molecular flexibility index (Phi) is 9.19. The fourth-order valence-corrected chi connectivity index (χ4v) is 2.86. The van der Waals surface area contributed by atoms with E-state index in [1.807, 2.05) is 44.2 Å². The number of hydrogen-bond acceptors (Lipinski definition) is 3. The summed E-state index contributed by atoms with van der Waals surface area (Å²) in [6.07, 6.45) is 0.827. The van der Waals surface area contributed by atoms with E-state index >= 15 is 0 Å². The molecule has 0 atom stereocenters. The molecule has 0 spiro atoms. The first-order valence-electron chi connectivity index (χ1n) is 10.1. The van der Waals surface area contributed by atoms with Crippen LogP contribution in [0.4, 0.5) is 8.78 Å². The zero-order valence-corrected chi connectivity index (χ0v) is 17.6. The van der Waals surface area contributed by atoms with Crippen LogP contribution in [-0.4, -0.2) is 36.5 Å². The van der Waals surface area contributed by atoms with Gasteiger partial charge in [0.1, 0.15) is 6.61 Å². The van der Waals surface area contributed by atoms with Gasteiger partial charge in [0.05, 0.1) is 0 Å². The highest BCUT2D eigenvalue weighted by atomic mass is 19.3. The van der Waals surface area contributed by atoms with Gasteiger partial charge in [-0.25, -0.2) is 8.78 Å². The molecule has 30 heavy (non-hydrogen) atoms. The van der Waals surface area contributed by atoms with E-state index in [1.54, 1.807) is 42.3 Å². The van der Waals surface area contributed by atoms with Crippen LogP contribution in [0, 0.1) is 0 Å². The molecule has 0 bridgehead atoms. The molecule has 0 heterocycles. The molecular weight excluding hydrogens is 386 g/mol. The quantitative estimate of drug-likeness (QED) is 0.291. The minimum Gasteiger partial charge on any atom is -0.390 e. The normalized spacial score (nSPS) is 12.2. The fraction of sp³-hybridized carbons (Fsp3) is 0.333. The highest BCUT2D eigenvalue weighted by Crippen LogP contribution is 2.23. The maximum absolute atomic E-state index is 13.4. The van der Waals surface area contributed by atoms with E-state index in [9.17, 15) is 13.6 Å². The topological polar surface area (TPSA) is 41.9 Å². The van der Waals surface area contributed by atoms with Gasteiger partial charge in [-0.15, -0.1) is 0 Å². The zero-order valence-electron chi connectivity index (χ0n) is 17.6. The van der Waals surface area contributed by atoms with Gasteiger partial charge in [0.15, 0.2) is 5.71 Å². The predicted octanol–water partition coefficient (Wildman–Crippen LogP) is 5.53. The van der Waals surface area contributed by atoms with E-state index in [0.29, 0.717) is 23.2 Å². The van der Waals surface area contributed by atoms with Gasteiger partial charge in [-0.3, -0.25) is 4.79 Å². The average Bonchev–Trinajstić information content (AvgIpc) is 2.77. The summed E-state index contributed by atoms with van der Waals surface area (Å²) in [5.74, 6) is -0.0838. The van der Waals surface area contributed by atoms with Crippen LogP contribution in [0.5, 0.6) is 0 Å². The lowest BCUT2D eigenvalue weighted by atomic mass is 9.97. The second-order valence-corrected chi connectivity index (χ2v) is 6.80. The first-order valence-corrected chi connectivity index (χ1v) is 10.1. The summed E-state index contributed by atoms with van der Waals surface area (Å²) in [5.41, 5.74) is 1.91. The van der Waals surface area contributed by atoms with Crippen molar-refractivity contribution < 1.29 is 18.4 Å². The number of rotatable bonds is 10. The second kappa shape index (κ2) is 11.9. The summed E-state index contributed by atoms with van der Waals surface area (Å²) < 4.78 is 26.8. The zero-order chi connectivity index (χ0) is 21.9. The molecule has 1 amide bonds. The summed E-state index contributed by atoms with van der Waals surface area (Å²) >= 11 is 0. The van der Waals surface area contributed by atoms with Crippen molar-refractivity contribution in [2.45, 2.75) is 39.7 Å². The molecule has 0 aromatic heterocycles. The number of carbonyl (C=O) groups is 1. The number of hydrogen-bond donors (Lipinski definition) is 0. The Morgan fingerprint density at radius 2 is 1.77 bits per heavy atom. The number of nitrogens with zero attached hydrogens (tertiary/aromatic N) is 2. The molecule has 0 saturated heterocycles. The van der Waals surface area contributed by atoms with Crippen molar-refractivity contribution in [2.75, 3.05) is 13.6 Å². The van der Waals surface area contributed by atoms with E-state index < -0.39 is 12.1 Å². The first-order chi connectivity index (χ1) is 14.5. The van der Waals surface area contributed by atoms with Crippen molar-refractivity contribution in [3.05, 3.63) is 77.4 Å². The second-order valence-electron chi connectivity index (χ2n) is 6.80. The van der Waals surface area contributed by atoms with Gasteiger partial charge >= 0.3 is 0 Å². The predicted molar refractivity (Wildman–Crippen MR) is 116 cm³/mol. The van der Waals surface area contributed by atoms with E-state index in [0.717, 1.165) is 18.4 Å². The Hall–Kier alpha value is -3.02. The first kappa shape index (κ1) is 23.3. The molecule has 0 aliphatic carbocycles. The molecule has 2 aromatic rings. The van der Waals surface area contributed by atoms with Gasteiger partial charge in [-0.1, -0.05) is 79.2 Å². The SMILES string of the molecule is CCC/C=C(\C(=O)N(C)CC)c1ccccc1CO/N=C(/c1ccccc1)C(F)F. The third-order valence-corrected chi connectivity index (χ3v) is 4.66. The smallest absolute Gasteiger partial charge is 0.284 e. The van der Waals surface area contributed by atoms with Crippen LogP contribution < -0.4 is 0 Å². The van der Waals surface area contributed by atoms with Crippen molar-refractivity contribution in [1.29, 1.82) is 0 Å². The molecule has 2 rings (SSSR count). The molecule has 0 N–H and O–H groups in total. The van der Waals surface area contributed by atoms with Gasteiger partial charge in [0.25, 0.3) is 12.3 Å². The standard InChI is InChI=1S/C24H28F2N2O2/c1-4-6-15-21(24(29)28(3)5-2)20-16-11-10-14-19(20)17-30-27-22(23(25)26)18-12-8-7-9-13-18/h7-16,23H,4-6,17H2,1-3H3/b21-15-,27-22-. The van der Waals surface area contributed by atoms with Crippen molar-refractivity contribution in [3.63, 3.8) is 0 Å². The van der Waals surface area contributed by atoms with E-state index in [2.05, 4.69) is 5.16 Å². The Balaban J connectivity index is 2.30. The lowest BCUT2D eigenvalue weighted by molar-refractivity contribution is -0.123. The van der Waals surface area contributed by atoms with E-state index in [4.69, 9.17) is 4.84 Å². The van der Waals surface area contributed by atoms with Crippen LogP contribution in [-0.2, 0) is 16.2 Å². The third-order valence-electron chi connectivity index (χ3n) is 4.66. The summed E-state index contributed by atoms with van der Waals surface area (Å²) in [7, 11) is 1.75. The largest absolute Gasteiger partial charge is 0.390 e. The molecule has 6 heteroatoms. The number of amides is 1. The van der Waals surface area contributed by atoms with Crippen LogP contribution in [0.15, 0.2) is 65.8 Å². The molecule has 0 saturated carbocycles. The third kappa shape index (κ3) is 6.24. The van der Waals surface area contributed by atoms with Gasteiger partial charge in [0.2, 0.25) is 0 Å². The number of allylic oxidation sites excluding steroid dienone is 1. The Morgan fingerprint density at radius 3 is 2.40 bits per heavy atom. The Labute approximate surface area is 176 Å². The number of carbonyl (C=O) groups excluding carboxylic acids is 1. The summed E-state index contributed by atoms with van der Waals surface area (Å²) in [5, 5.41) is 3.70. The van der Waals surface area contributed by atoms with Crippen molar-refractivity contribution in [2.24, 2.45) is 5.16 Å². The maximum atomic E-state index is 13.4. The fourth-order valence-electron chi connectivity index (χ4n) is 2.86. The summed E-state index contributed by atoms with van der Waals surface area (Å²) in [4.78, 5) is 19.8. The molecule has 0 aliphatic heterocycles. The van der Waals surface area contributed by atoms with Crippen LogP contribution in [0.1, 0.15) is 43.4 Å². The molecule has 4 nitrogen and oxygen atoms in total. The monoisotopic (exact) mass is 414 g/mol. The average molecular weight is 414 g/mol. The van der Waals surface area contributed by atoms with Crippen LogP contribution in [0.2, 0.25) is 0 Å². The maximum Gasteiger partial charge on any atom is 0.284 e. The minimum absolute atomic E-state index is 0.0220. The molecule has 160 valence electrons. The molecular formula is C24H28F2N2O2. The van der Waals surface area contributed by atoms with Crippen LogP contribution >= 0.6 is 0 Å². The minimum atomic E-state index is -2.76. The molecule has 0 aliphatic rings. The van der Waals surface area contributed by atoms with Gasteiger partial charge in [-0.2, -0.15) is 0 Å². The van der Waals surface area contributed by atoms with Crippen LogP contribution in [0.3, 0.4) is 0 Å². The molecule has 2 aromatic carbocycles. The van der Waals surface area contributed by atoms with Crippen molar-refractivity contribution in [1.82, 2.24) is 4.90 Å². The highest BCUT2D eigenvalue weighted by Gasteiger charge is 2.19. The Morgan fingerprint density at radius 1 is 1.10 bits per heavy atom. The summed E-state index contributed by atoms with van der Waals surface area (Å²) in [6, 6.07) is 15.5. The Bertz CT molecular complexity index is 880. The van der Waals surface area contributed by atoms with E-state index in [1.165, 1.54) is 0 Å². The number of halogens is 2. The number of unbranched alkanes of at least 4 members (excludes halogenated alkanes) is 1. The van der Waals surface area contributed by atoms with Gasteiger partial charge in [-0.05, 0) is 18.9 Å². The highest BCUT2D eigenvalue weighted by molar-refractivity contribution is 6.19. The number of benzene rings is 2. The van der Waals surface area contributed by atoms with Gasteiger partial charge < -0.3 is 9.74 Å². The van der Waals surface area contributed by atoms with Crippen molar-refractivity contribution in [3.8, 4) is 0 Å². The number of oxime groups is 1. The lowest BCUT2D eigenvalue weighted by Gasteiger charge is -2.19. The van der Waals surface area contributed by atoms with Crippen LogP contribution in [0.25, 0.3) is 5.57 Å². The van der Waals surface area contributed by atoms with E-state index in [-0.39, 0.29) is 12.5 Å². The number of alkyl halides is 2. The number of likely N-dealkylation sites (N-methyl/N-ethyl adjacent to an activating group) is 1. The lowest BCUT2D eigenvalue weighted by Crippen LogP contribution is -2.27. The van der Waals surface area contributed by atoms with Gasteiger partial charge in [0, 0.05) is 30.3 Å². The molecule has 0 unspecified atom stereocenters.